The standard InChI is InChI=1S/C10H7ClFN3/c11-7-5-6(1-2-8(7)12)10-14-4-3-9(13)15-10/h1-5H,(H2,13,14,15). The number of anilines is 1. The SMILES string of the molecule is Nc1ccnc(-c2ccc(F)c(Cl)c2)n1. The summed E-state index contributed by atoms with van der Waals surface area (Å²) < 4.78 is 12.9. The van der Waals surface area contributed by atoms with Crippen LogP contribution in [-0.4, -0.2) is 9.97 Å². The van der Waals surface area contributed by atoms with Gasteiger partial charge in [-0.3, -0.25) is 0 Å². The Hall–Kier alpha value is -1.68. The summed E-state index contributed by atoms with van der Waals surface area (Å²) >= 11 is 5.64. The van der Waals surface area contributed by atoms with Crippen LogP contribution >= 0.6 is 11.6 Å². The highest BCUT2D eigenvalue weighted by molar-refractivity contribution is 6.31. The number of benzene rings is 1. The van der Waals surface area contributed by atoms with Crippen LogP contribution in [0.1, 0.15) is 0 Å². The normalized spacial score (nSPS) is 10.3. The lowest BCUT2D eigenvalue weighted by Gasteiger charge is -2.01. The van der Waals surface area contributed by atoms with Crippen molar-refractivity contribution in [2.45, 2.75) is 0 Å². The molecule has 0 unspecified atom stereocenters. The molecule has 5 heteroatoms. The van der Waals surface area contributed by atoms with Gasteiger partial charge in [-0.15, -0.1) is 0 Å². The molecule has 0 aliphatic carbocycles. The van der Waals surface area contributed by atoms with Gasteiger partial charge >= 0.3 is 0 Å². The minimum Gasteiger partial charge on any atom is -0.384 e. The molecule has 1 heterocycles. The lowest BCUT2D eigenvalue weighted by atomic mass is 10.2. The first kappa shape index (κ1) is 9.86. The molecule has 76 valence electrons. The predicted octanol–water partition coefficient (Wildman–Crippen LogP) is 2.52. The van der Waals surface area contributed by atoms with Crippen molar-refractivity contribution in [2.24, 2.45) is 0 Å². The van der Waals surface area contributed by atoms with Crippen molar-refractivity contribution in [1.29, 1.82) is 0 Å². The first-order chi connectivity index (χ1) is 7.16. The van der Waals surface area contributed by atoms with E-state index in [0.29, 0.717) is 17.2 Å². The molecule has 15 heavy (non-hydrogen) atoms. The Morgan fingerprint density at radius 1 is 1.27 bits per heavy atom. The quantitative estimate of drug-likeness (QED) is 0.808. The number of hydrogen-bond acceptors (Lipinski definition) is 3. The van der Waals surface area contributed by atoms with Crippen molar-refractivity contribution in [2.75, 3.05) is 5.73 Å². The van der Waals surface area contributed by atoms with Crippen molar-refractivity contribution >= 4 is 17.4 Å². The lowest BCUT2D eigenvalue weighted by Crippen LogP contribution is -1.94. The molecule has 0 spiro atoms. The van der Waals surface area contributed by atoms with Crippen molar-refractivity contribution in [1.82, 2.24) is 9.97 Å². The molecule has 0 bridgehead atoms. The molecule has 2 rings (SSSR count). The van der Waals surface area contributed by atoms with Crippen molar-refractivity contribution in [3.63, 3.8) is 0 Å². The van der Waals surface area contributed by atoms with E-state index in [4.69, 9.17) is 17.3 Å². The molecular weight excluding hydrogens is 217 g/mol. The van der Waals surface area contributed by atoms with Crippen LogP contribution in [0.15, 0.2) is 30.5 Å². The zero-order valence-corrected chi connectivity index (χ0v) is 8.37. The predicted molar refractivity (Wildman–Crippen MR) is 56.8 cm³/mol. The zero-order valence-electron chi connectivity index (χ0n) is 7.61. The second-order valence-corrected chi connectivity index (χ2v) is 3.34. The summed E-state index contributed by atoms with van der Waals surface area (Å²) in [5.74, 6) is 0.321. The highest BCUT2D eigenvalue weighted by atomic mass is 35.5. The minimum absolute atomic E-state index is 0.0403. The Morgan fingerprint density at radius 3 is 2.73 bits per heavy atom. The average Bonchev–Trinajstić information content (AvgIpc) is 2.22. The number of aromatic nitrogens is 2. The molecule has 0 aliphatic heterocycles. The summed E-state index contributed by atoms with van der Waals surface area (Å²) in [6.07, 6.45) is 1.54. The van der Waals surface area contributed by atoms with Gasteiger partial charge in [0.2, 0.25) is 0 Å². The Morgan fingerprint density at radius 2 is 2.07 bits per heavy atom. The molecule has 0 aliphatic rings. The minimum atomic E-state index is -0.468. The number of hydrogen-bond donors (Lipinski definition) is 1. The van der Waals surface area contributed by atoms with E-state index in [1.165, 1.54) is 18.3 Å². The van der Waals surface area contributed by atoms with Gasteiger partial charge in [-0.05, 0) is 24.3 Å². The highest BCUT2D eigenvalue weighted by Gasteiger charge is 2.05. The Labute approximate surface area is 90.7 Å². The maximum absolute atomic E-state index is 12.9. The zero-order chi connectivity index (χ0) is 10.8. The fraction of sp³-hybridized carbons (Fsp3) is 0. The molecule has 0 radical (unpaired) electrons. The first-order valence-electron chi connectivity index (χ1n) is 4.21. The molecule has 0 amide bonds. The molecule has 1 aromatic carbocycles. The van der Waals surface area contributed by atoms with E-state index in [2.05, 4.69) is 9.97 Å². The van der Waals surface area contributed by atoms with E-state index in [1.807, 2.05) is 0 Å². The maximum Gasteiger partial charge on any atom is 0.161 e. The summed E-state index contributed by atoms with van der Waals surface area (Å²) in [7, 11) is 0. The van der Waals surface area contributed by atoms with Gasteiger partial charge in [0.25, 0.3) is 0 Å². The van der Waals surface area contributed by atoms with Gasteiger partial charge in [0, 0.05) is 11.8 Å². The van der Waals surface area contributed by atoms with E-state index in [-0.39, 0.29) is 5.02 Å². The van der Waals surface area contributed by atoms with E-state index in [9.17, 15) is 4.39 Å². The number of halogens is 2. The summed E-state index contributed by atoms with van der Waals surface area (Å²) in [6, 6.07) is 5.86. The third-order valence-corrected chi connectivity index (χ3v) is 2.14. The molecule has 2 N–H and O–H groups in total. The number of rotatable bonds is 1. The van der Waals surface area contributed by atoms with Crippen LogP contribution in [0.4, 0.5) is 10.2 Å². The van der Waals surface area contributed by atoms with Gasteiger partial charge in [-0.25, -0.2) is 14.4 Å². The molecule has 2 aromatic rings. The molecule has 1 aromatic heterocycles. The van der Waals surface area contributed by atoms with Crippen LogP contribution in [0.25, 0.3) is 11.4 Å². The van der Waals surface area contributed by atoms with Crippen molar-refractivity contribution in [3.8, 4) is 11.4 Å². The summed E-state index contributed by atoms with van der Waals surface area (Å²) in [4.78, 5) is 8.01. The fourth-order valence-electron chi connectivity index (χ4n) is 1.15. The second kappa shape index (κ2) is 3.82. The van der Waals surface area contributed by atoms with Crippen LogP contribution in [0.5, 0.6) is 0 Å². The number of nitrogens with two attached hydrogens (primary N) is 1. The fourth-order valence-corrected chi connectivity index (χ4v) is 1.33. The molecule has 0 saturated carbocycles. The smallest absolute Gasteiger partial charge is 0.161 e. The van der Waals surface area contributed by atoms with Gasteiger partial charge in [0.1, 0.15) is 11.6 Å². The van der Waals surface area contributed by atoms with E-state index in [1.54, 1.807) is 12.1 Å². The van der Waals surface area contributed by atoms with Crippen LogP contribution in [0, 0.1) is 5.82 Å². The Balaban J connectivity index is 2.50. The summed E-state index contributed by atoms with van der Waals surface area (Å²) in [6.45, 7) is 0. The molecule has 0 saturated heterocycles. The topological polar surface area (TPSA) is 51.8 Å². The van der Waals surface area contributed by atoms with Crippen molar-refractivity contribution < 1.29 is 4.39 Å². The van der Waals surface area contributed by atoms with E-state index >= 15 is 0 Å². The average molecular weight is 224 g/mol. The monoisotopic (exact) mass is 223 g/mol. The van der Waals surface area contributed by atoms with Crippen molar-refractivity contribution in [3.05, 3.63) is 41.3 Å². The van der Waals surface area contributed by atoms with Gasteiger partial charge in [0.15, 0.2) is 5.82 Å². The second-order valence-electron chi connectivity index (χ2n) is 2.93. The molecule has 3 nitrogen and oxygen atoms in total. The first-order valence-corrected chi connectivity index (χ1v) is 4.58. The Kier molecular flexibility index (Phi) is 2.51. The highest BCUT2D eigenvalue weighted by Crippen LogP contribution is 2.22. The van der Waals surface area contributed by atoms with E-state index in [0.717, 1.165) is 0 Å². The van der Waals surface area contributed by atoms with Gasteiger partial charge in [-0.1, -0.05) is 11.6 Å². The third-order valence-electron chi connectivity index (χ3n) is 1.85. The molecule has 0 fully saturated rings. The number of nitrogens with zero attached hydrogens (tertiary/aromatic N) is 2. The summed E-state index contributed by atoms with van der Waals surface area (Å²) in [5.41, 5.74) is 6.14. The van der Waals surface area contributed by atoms with E-state index < -0.39 is 5.82 Å². The van der Waals surface area contributed by atoms with Gasteiger partial charge in [0.05, 0.1) is 5.02 Å². The third kappa shape index (κ3) is 2.05. The van der Waals surface area contributed by atoms with Gasteiger partial charge < -0.3 is 5.73 Å². The van der Waals surface area contributed by atoms with Crippen LogP contribution in [0.3, 0.4) is 0 Å². The van der Waals surface area contributed by atoms with Crippen LogP contribution < -0.4 is 5.73 Å². The maximum atomic E-state index is 12.9. The Bertz CT molecular complexity index is 502. The molecule has 0 atom stereocenters. The largest absolute Gasteiger partial charge is 0.384 e. The van der Waals surface area contributed by atoms with Gasteiger partial charge in [-0.2, -0.15) is 0 Å². The lowest BCUT2D eigenvalue weighted by molar-refractivity contribution is 0.628. The summed E-state index contributed by atoms with van der Waals surface area (Å²) in [5, 5.41) is 0.0403. The molecular formula is C10H7ClFN3. The van der Waals surface area contributed by atoms with Crippen LogP contribution in [-0.2, 0) is 0 Å². The van der Waals surface area contributed by atoms with Crippen LogP contribution in [0.2, 0.25) is 5.02 Å². The number of nitrogen functional groups attached to an aromatic ring is 1.